The Morgan fingerprint density at radius 1 is 0.585 bits per heavy atom. The number of para-hydroxylation sites is 1. The van der Waals surface area contributed by atoms with Crippen molar-refractivity contribution in [3.05, 3.63) is 108 Å². The number of benzene rings is 2. The van der Waals surface area contributed by atoms with Crippen molar-refractivity contribution in [1.29, 1.82) is 5.41 Å². The number of nitrogens with one attached hydrogen (secondary N) is 16. The molecule has 5 aromatic rings. The fraction of sp³-hybridized carbons (Fsp3) is 0.525. The number of fused-ring (bicyclic) bond motifs is 1. The minimum absolute atomic E-state index is 0.0171. The predicted octanol–water partition coefficient (Wildman–Crippen LogP) is -3.52. The maximum atomic E-state index is 15.7. The number of aliphatic carboxylic acids is 3. The van der Waals surface area contributed by atoms with Crippen LogP contribution in [0.25, 0.3) is 10.9 Å². The molecule has 666 valence electrons. The number of nitrogens with two attached hydrogens (primary N) is 2. The van der Waals surface area contributed by atoms with Gasteiger partial charge in [-0.1, -0.05) is 68.3 Å². The molecule has 23 N–H and O–H groups in total. The van der Waals surface area contributed by atoms with Crippen molar-refractivity contribution in [3.8, 4) is 0 Å². The number of carboxylic acids is 3. The molecule has 43 heteroatoms. The first-order chi connectivity index (χ1) is 58.8. The molecule has 0 aliphatic carbocycles. The molecule has 14 amide bonds. The van der Waals surface area contributed by atoms with E-state index in [1.165, 1.54) is 34.8 Å². The van der Waals surface area contributed by atoms with Gasteiger partial charge in [0.2, 0.25) is 82.7 Å². The highest BCUT2D eigenvalue weighted by Crippen LogP contribution is 2.28. The topological polar surface area (TPSA) is 654 Å². The number of hydrogen-bond acceptors (Lipinski definition) is 21. The highest BCUT2D eigenvalue weighted by molar-refractivity contribution is 6.01. The predicted molar refractivity (Wildman–Crippen MR) is 438 cm³/mol. The van der Waals surface area contributed by atoms with Gasteiger partial charge in [-0.25, -0.2) is 9.97 Å². The summed E-state index contributed by atoms with van der Waals surface area (Å²) < 4.78 is 0. The van der Waals surface area contributed by atoms with E-state index in [0.717, 1.165) is 11.8 Å². The summed E-state index contributed by atoms with van der Waals surface area (Å²) in [6, 6.07) is -2.34. The van der Waals surface area contributed by atoms with E-state index in [2.05, 4.69) is 88.7 Å². The molecule has 0 saturated carbocycles. The summed E-state index contributed by atoms with van der Waals surface area (Å²) in [6.07, 6.45) is 5.39. The lowest BCUT2D eigenvalue weighted by Crippen LogP contribution is -2.61. The van der Waals surface area contributed by atoms with Crippen molar-refractivity contribution in [2.45, 2.75) is 221 Å². The Labute approximate surface area is 707 Å². The van der Waals surface area contributed by atoms with Crippen LogP contribution < -0.4 is 75.3 Å². The van der Waals surface area contributed by atoms with E-state index in [-0.39, 0.29) is 154 Å². The Morgan fingerprint density at radius 2 is 1.16 bits per heavy atom. The van der Waals surface area contributed by atoms with Gasteiger partial charge in [0, 0.05) is 106 Å². The van der Waals surface area contributed by atoms with Gasteiger partial charge in [0.1, 0.15) is 72.5 Å². The van der Waals surface area contributed by atoms with E-state index < -0.39 is 199 Å². The molecular weight excluding hydrogens is 1600 g/mol. The number of rotatable bonds is 38. The number of aromatic amines is 3. The summed E-state index contributed by atoms with van der Waals surface area (Å²) >= 11 is 0. The molecule has 3 aromatic heterocycles. The van der Waals surface area contributed by atoms with Crippen LogP contribution in [0.5, 0.6) is 0 Å². The van der Waals surface area contributed by atoms with E-state index in [1.54, 1.807) is 60.8 Å². The zero-order valence-electron chi connectivity index (χ0n) is 68.5. The van der Waals surface area contributed by atoms with Crippen LogP contribution in [0, 0.1) is 5.41 Å². The van der Waals surface area contributed by atoms with Crippen molar-refractivity contribution in [2.75, 3.05) is 45.8 Å². The van der Waals surface area contributed by atoms with Gasteiger partial charge in [-0.15, -0.1) is 0 Å². The van der Waals surface area contributed by atoms with Crippen LogP contribution in [-0.2, 0) is 107 Å². The number of primary amides is 1. The number of imidazole rings is 2. The van der Waals surface area contributed by atoms with E-state index >= 15 is 24.0 Å². The lowest BCUT2D eigenvalue weighted by Gasteiger charge is -2.34. The number of likely N-dealkylation sites (tertiary alicyclic amines) is 2. The number of aromatic nitrogens is 5. The van der Waals surface area contributed by atoms with Crippen molar-refractivity contribution in [2.24, 2.45) is 11.5 Å². The summed E-state index contributed by atoms with van der Waals surface area (Å²) in [5.74, 6) is -17.0. The standard InChI is InChI=1S/C80H111N23O20/c1-3-4-19-52(68(81)112)92-69(113)53(21-10-11-30-101(41-66(108)109)42-67(110)111)93-76(120)61(37-65(106)107)99-75(119)60(36-49-40-85-44-90-49)100-77(121)62-24-14-31-102(62)79(123)63-25-15-32-103(63)78(122)56-23-13-28-86-64(105)27-26-55(91-45(2)104)71(115)98-59(35-48-39-84-43-89-48)74(118)96-57(33-46-16-6-5-7-17-46)72(116)94-54(22-12-29-87-80(82)83)70(114)97-58(73(117)95-56)34-47-38-88-51-20-9-8-18-50(47)51/h5-9,16-18,20,38-40,43-44,52-63,88H,3-4,10-15,19,21-37,41-42H2,1-2H3,(H2,81,112)(H,84,89)(H,85,90)(H,86,105)(H,91,104)(H,92,113)(H,93,120)(H,94,116)(H,95,117)(H,96,118)(H,97,114)(H,98,115)(H,99,119)(H,100,121)(H,106,107)(H,108,109)(H,110,111)(H4,82,83,87). The lowest BCUT2D eigenvalue weighted by molar-refractivity contribution is -0.148. The molecule has 12 atom stereocenters. The van der Waals surface area contributed by atoms with Crippen molar-refractivity contribution < 1.29 is 96.8 Å². The quantitative estimate of drug-likeness (QED) is 0.0103. The first-order valence-corrected chi connectivity index (χ1v) is 41.0. The molecule has 3 fully saturated rings. The SMILES string of the molecule is CCCCC(NC(=O)C(CCCCN(CC(=O)O)CC(=O)O)NC(=O)C(CC(=O)O)NC(=O)C(Cc1cnc[nH]1)NC(=O)C1CCCN1C(=O)C1CCCN1C(=O)C1CCCNC(=O)CCC(NC(C)=O)C(=O)NC(Cc2cnc[nH]2)C(=O)NC(Cc2ccccc2)C(=O)NC(CCCNC(=N)N)C(=O)NC(Cc2c[nH]c3ccccc23)C(=O)N1)C(N)=O. The molecule has 123 heavy (non-hydrogen) atoms. The fourth-order valence-corrected chi connectivity index (χ4v) is 15.0. The van der Waals surface area contributed by atoms with Gasteiger partial charge in [0.05, 0.1) is 32.2 Å². The van der Waals surface area contributed by atoms with Crippen molar-refractivity contribution in [1.82, 2.24) is 103 Å². The van der Waals surface area contributed by atoms with E-state index in [4.69, 9.17) is 16.9 Å². The summed E-state index contributed by atoms with van der Waals surface area (Å²) in [5, 5.41) is 69.3. The van der Waals surface area contributed by atoms with Crippen LogP contribution >= 0.6 is 0 Å². The third-order valence-corrected chi connectivity index (χ3v) is 21.2. The van der Waals surface area contributed by atoms with Gasteiger partial charge in [-0.2, -0.15) is 0 Å². The van der Waals surface area contributed by atoms with E-state index in [0.29, 0.717) is 40.6 Å². The second-order valence-electron chi connectivity index (χ2n) is 30.6. The summed E-state index contributed by atoms with van der Waals surface area (Å²) in [4.78, 5) is 259. The Balaban J connectivity index is 1.07. The summed E-state index contributed by atoms with van der Waals surface area (Å²) in [6.45, 7) is 1.38. The number of amides is 14. The molecule has 6 heterocycles. The van der Waals surface area contributed by atoms with Gasteiger partial charge in [-0.3, -0.25) is 91.8 Å². The first-order valence-electron chi connectivity index (χ1n) is 41.0. The maximum Gasteiger partial charge on any atom is 0.317 e. The number of hydrogen-bond donors (Lipinski definition) is 21. The Kier molecular flexibility index (Phi) is 36.8. The summed E-state index contributed by atoms with van der Waals surface area (Å²) in [5.41, 5.74) is 13.6. The highest BCUT2D eigenvalue weighted by atomic mass is 16.4. The van der Waals surface area contributed by atoms with Gasteiger partial charge in [-0.05, 0) is 107 Å². The molecule has 2 aromatic carbocycles. The van der Waals surface area contributed by atoms with Gasteiger partial charge in [0.25, 0.3) is 0 Å². The van der Waals surface area contributed by atoms with E-state index in [1.807, 2.05) is 6.92 Å². The average Bonchev–Trinajstić information content (AvgIpc) is 1.68. The molecule has 3 aliphatic heterocycles. The Bertz CT molecular complexity index is 4510. The number of unbranched alkanes of at least 4 members (excludes halogenated alkanes) is 2. The van der Waals surface area contributed by atoms with Crippen LogP contribution in [-0.4, -0.2) is 280 Å². The molecule has 3 aliphatic rings. The van der Waals surface area contributed by atoms with Crippen molar-refractivity contribution >= 4 is 117 Å². The first kappa shape index (κ1) is 95.1. The molecular formula is C80H111N23O20. The second kappa shape index (κ2) is 47.6. The number of nitrogens with zero attached hydrogens (tertiary/aromatic N) is 5. The minimum Gasteiger partial charge on any atom is -0.481 e. The molecule has 12 unspecified atom stereocenters. The van der Waals surface area contributed by atoms with Gasteiger partial charge >= 0.3 is 17.9 Å². The minimum atomic E-state index is -1.97. The van der Waals surface area contributed by atoms with Gasteiger partial charge < -0.3 is 115 Å². The highest BCUT2D eigenvalue weighted by Gasteiger charge is 2.46. The summed E-state index contributed by atoms with van der Waals surface area (Å²) in [7, 11) is 0. The number of carbonyl (C=O) groups excluding carboxylic acids is 14. The molecule has 8 rings (SSSR count). The largest absolute Gasteiger partial charge is 0.481 e. The van der Waals surface area contributed by atoms with Gasteiger partial charge in [0.15, 0.2) is 5.96 Å². The van der Waals surface area contributed by atoms with E-state index in [9.17, 15) is 72.9 Å². The number of guanidine groups is 1. The lowest BCUT2D eigenvalue weighted by atomic mass is 10.0. The van der Waals surface area contributed by atoms with Crippen LogP contribution in [0.1, 0.15) is 146 Å². The Hall–Kier alpha value is -13.4. The van der Waals surface area contributed by atoms with Crippen LogP contribution in [0.15, 0.2) is 85.8 Å². The number of carboxylic acid groups (broad SMARTS) is 3. The van der Waals surface area contributed by atoms with Crippen LogP contribution in [0.3, 0.4) is 0 Å². The molecule has 0 bridgehead atoms. The smallest absolute Gasteiger partial charge is 0.317 e. The maximum absolute atomic E-state index is 15.7. The second-order valence-corrected chi connectivity index (χ2v) is 30.6. The average molecular weight is 1710 g/mol. The fourth-order valence-electron chi connectivity index (χ4n) is 15.0. The third-order valence-electron chi connectivity index (χ3n) is 21.2. The molecule has 0 spiro atoms. The number of carbonyl (C=O) groups is 17. The third kappa shape index (κ3) is 30.1. The van der Waals surface area contributed by atoms with Crippen LogP contribution in [0.4, 0.5) is 0 Å². The Morgan fingerprint density at radius 3 is 1.80 bits per heavy atom. The van der Waals surface area contributed by atoms with Crippen LogP contribution in [0.2, 0.25) is 0 Å². The molecule has 3 saturated heterocycles. The van der Waals surface area contributed by atoms with Crippen molar-refractivity contribution in [3.63, 3.8) is 0 Å². The number of H-pyrrole nitrogens is 3. The zero-order chi connectivity index (χ0) is 89.2. The normalized spacial score (nSPS) is 20.6. The monoisotopic (exact) mass is 1710 g/mol. The zero-order valence-corrected chi connectivity index (χ0v) is 68.5. The molecule has 43 nitrogen and oxygen atoms in total. The molecule has 0 radical (unpaired) electrons.